The molecule has 0 atom stereocenters. The maximum absolute atomic E-state index is 13.0. The molecule has 14 heteroatoms. The zero-order chi connectivity index (χ0) is 25.6. The Morgan fingerprint density at radius 2 is 1.38 bits per heavy atom. The molecule has 6 aromatic rings. The predicted octanol–water partition coefficient (Wildman–Crippen LogP) is 5.49. The number of nitrogens with one attached hydrogen (secondary N) is 4. The highest BCUT2D eigenvalue weighted by Gasteiger charge is 2.12. The van der Waals surface area contributed by atoms with Crippen molar-refractivity contribution < 1.29 is 4.39 Å². The maximum Gasteiger partial charge on any atom is 0.214 e. The van der Waals surface area contributed by atoms with Gasteiger partial charge in [-0.1, -0.05) is 6.07 Å². The van der Waals surface area contributed by atoms with E-state index in [1.54, 1.807) is 60.7 Å². The number of aryl methyl sites for hydroxylation is 2. The molecule has 0 saturated carbocycles. The number of aromatic amines is 2. The van der Waals surface area contributed by atoms with Crippen LogP contribution < -0.4 is 10.6 Å². The third kappa shape index (κ3) is 5.99. The van der Waals surface area contributed by atoms with E-state index in [1.165, 1.54) is 17.4 Å². The molecule has 6 rings (SSSR count). The molecule has 0 aliphatic rings. The van der Waals surface area contributed by atoms with E-state index in [1.807, 2.05) is 20.0 Å². The zero-order valence-electron chi connectivity index (χ0n) is 19.6. The summed E-state index contributed by atoms with van der Waals surface area (Å²) in [5, 5.41) is 21.0. The van der Waals surface area contributed by atoms with Gasteiger partial charge in [0.05, 0.1) is 30.0 Å². The van der Waals surface area contributed by atoms with Crippen LogP contribution in [0.5, 0.6) is 0 Å². The van der Waals surface area contributed by atoms with Gasteiger partial charge in [0.15, 0.2) is 16.1 Å². The quantitative estimate of drug-likeness (QED) is 0.204. The summed E-state index contributed by atoms with van der Waals surface area (Å²) < 4.78 is 13.0. The predicted molar refractivity (Wildman–Crippen MR) is 142 cm³/mol. The Balaban J connectivity index is 0.000000152. The molecule has 0 spiro atoms. The normalized spacial score (nSPS) is 10.6. The summed E-state index contributed by atoms with van der Waals surface area (Å²) in [4.78, 5) is 23.1. The maximum atomic E-state index is 13.0. The number of pyridine rings is 1. The third-order valence-electron chi connectivity index (χ3n) is 4.88. The van der Waals surface area contributed by atoms with Crippen LogP contribution in [0.2, 0.25) is 0 Å². The standard InChI is InChI=1S/C12H10FN5S.C11H10N6S/c1-7-11(8-5-14-15-6-8)18-12(19-7)17-10-4-2-3-9(13)16-10;1-7-10(8-4-14-15-5-8)17-11(18-7)16-9-6-12-2-3-13-9/h2-6H,1H3,(H,14,15)(H,16,17,18);2-6H,1H3,(H,14,15)(H,13,16,17). The van der Waals surface area contributed by atoms with Gasteiger partial charge in [-0.25, -0.2) is 19.9 Å². The summed E-state index contributed by atoms with van der Waals surface area (Å²) >= 11 is 3.06. The molecule has 0 fully saturated rings. The molecule has 4 N–H and O–H groups in total. The van der Waals surface area contributed by atoms with Crippen molar-refractivity contribution in [3.8, 4) is 22.5 Å². The Morgan fingerprint density at radius 3 is 1.89 bits per heavy atom. The highest BCUT2D eigenvalue weighted by Crippen LogP contribution is 2.32. The molecule has 0 aliphatic carbocycles. The Labute approximate surface area is 218 Å². The third-order valence-corrected chi connectivity index (χ3v) is 6.66. The van der Waals surface area contributed by atoms with Crippen LogP contribution in [0.4, 0.5) is 26.3 Å². The fraction of sp³-hybridized carbons (Fsp3) is 0.0870. The van der Waals surface area contributed by atoms with Gasteiger partial charge in [0, 0.05) is 45.7 Å². The molecule has 186 valence electrons. The molecule has 0 aliphatic heterocycles. The Hall–Kier alpha value is -4.56. The average Bonchev–Trinajstić information content (AvgIpc) is 3.69. The van der Waals surface area contributed by atoms with E-state index in [2.05, 4.69) is 55.9 Å². The molecular formula is C23H20FN11S2. The number of aromatic nitrogens is 9. The molecule has 0 bridgehead atoms. The number of hydrogen-bond acceptors (Lipinski definition) is 11. The summed E-state index contributed by atoms with van der Waals surface area (Å²) in [5.41, 5.74) is 3.70. The van der Waals surface area contributed by atoms with Crippen molar-refractivity contribution in [1.82, 2.24) is 45.3 Å². The molecule has 37 heavy (non-hydrogen) atoms. The van der Waals surface area contributed by atoms with Gasteiger partial charge in [0.2, 0.25) is 5.95 Å². The second kappa shape index (κ2) is 11.0. The van der Waals surface area contributed by atoms with Gasteiger partial charge in [-0.2, -0.15) is 14.6 Å². The molecular weight excluding hydrogens is 513 g/mol. The highest BCUT2D eigenvalue weighted by atomic mass is 32.1. The van der Waals surface area contributed by atoms with E-state index >= 15 is 0 Å². The van der Waals surface area contributed by atoms with Crippen LogP contribution in [0.25, 0.3) is 22.5 Å². The fourth-order valence-corrected chi connectivity index (χ4v) is 4.94. The Kier molecular flexibility index (Phi) is 7.19. The van der Waals surface area contributed by atoms with Crippen LogP contribution in [0.3, 0.4) is 0 Å². The molecule has 11 nitrogen and oxygen atoms in total. The number of hydrogen-bond donors (Lipinski definition) is 4. The second-order valence-corrected chi connectivity index (χ2v) is 9.91. The van der Waals surface area contributed by atoms with E-state index in [-0.39, 0.29) is 0 Å². The number of H-pyrrole nitrogens is 2. The lowest BCUT2D eigenvalue weighted by molar-refractivity contribution is 0.585. The second-order valence-electron chi connectivity index (χ2n) is 7.51. The van der Waals surface area contributed by atoms with Crippen molar-refractivity contribution in [2.75, 3.05) is 10.6 Å². The Morgan fingerprint density at radius 1 is 0.757 bits per heavy atom. The molecule has 0 radical (unpaired) electrons. The van der Waals surface area contributed by atoms with Crippen molar-refractivity contribution >= 4 is 44.6 Å². The summed E-state index contributed by atoms with van der Waals surface area (Å²) in [6, 6.07) is 4.59. The van der Waals surface area contributed by atoms with Crippen molar-refractivity contribution in [2.24, 2.45) is 0 Å². The van der Waals surface area contributed by atoms with E-state index in [4.69, 9.17) is 0 Å². The first-order chi connectivity index (χ1) is 18.0. The van der Waals surface area contributed by atoms with Crippen molar-refractivity contribution in [3.63, 3.8) is 0 Å². The lowest BCUT2D eigenvalue weighted by atomic mass is 10.2. The summed E-state index contributed by atoms with van der Waals surface area (Å²) in [6.45, 7) is 4.01. The van der Waals surface area contributed by atoms with Gasteiger partial charge < -0.3 is 10.6 Å². The SMILES string of the molecule is Cc1sc(Nc2cccc(F)n2)nc1-c1cn[nH]c1.Cc1sc(Nc2cnccn2)nc1-c1cn[nH]c1. The van der Waals surface area contributed by atoms with Gasteiger partial charge in [-0.3, -0.25) is 15.2 Å². The van der Waals surface area contributed by atoms with Crippen molar-refractivity contribution in [2.45, 2.75) is 13.8 Å². The van der Waals surface area contributed by atoms with E-state index in [0.29, 0.717) is 16.8 Å². The van der Waals surface area contributed by atoms with E-state index < -0.39 is 5.95 Å². The molecule has 6 aromatic heterocycles. The van der Waals surface area contributed by atoms with E-state index in [9.17, 15) is 4.39 Å². The molecule has 6 heterocycles. The number of thiazole rings is 2. The topological polar surface area (TPSA) is 146 Å². The summed E-state index contributed by atoms with van der Waals surface area (Å²) in [5.74, 6) is 0.603. The van der Waals surface area contributed by atoms with Gasteiger partial charge in [-0.15, -0.1) is 22.7 Å². The zero-order valence-corrected chi connectivity index (χ0v) is 21.2. The minimum absolute atomic E-state index is 0.437. The van der Waals surface area contributed by atoms with E-state index in [0.717, 1.165) is 37.4 Å². The van der Waals surface area contributed by atoms with Crippen LogP contribution in [0, 0.1) is 19.8 Å². The lowest BCUT2D eigenvalue weighted by Crippen LogP contribution is -1.94. The minimum Gasteiger partial charge on any atom is -0.316 e. The monoisotopic (exact) mass is 533 g/mol. The molecule has 0 aromatic carbocycles. The first-order valence-corrected chi connectivity index (χ1v) is 12.5. The van der Waals surface area contributed by atoms with Crippen LogP contribution in [-0.2, 0) is 0 Å². The minimum atomic E-state index is -0.520. The van der Waals surface area contributed by atoms with Crippen molar-refractivity contribution in [1.29, 1.82) is 0 Å². The van der Waals surface area contributed by atoms with Gasteiger partial charge in [0.1, 0.15) is 5.82 Å². The van der Waals surface area contributed by atoms with Crippen LogP contribution in [0.1, 0.15) is 9.75 Å². The largest absolute Gasteiger partial charge is 0.316 e. The van der Waals surface area contributed by atoms with Crippen LogP contribution in [0.15, 0.2) is 61.6 Å². The summed E-state index contributed by atoms with van der Waals surface area (Å²) in [6.07, 6.45) is 12.0. The first kappa shape index (κ1) is 24.1. The average molecular weight is 534 g/mol. The summed E-state index contributed by atoms with van der Waals surface area (Å²) in [7, 11) is 0. The van der Waals surface area contributed by atoms with Gasteiger partial charge >= 0.3 is 0 Å². The number of rotatable bonds is 6. The Bertz CT molecular complexity index is 1560. The number of anilines is 4. The number of halogens is 1. The lowest BCUT2D eigenvalue weighted by Gasteiger charge is -2.00. The smallest absolute Gasteiger partial charge is 0.214 e. The van der Waals surface area contributed by atoms with Crippen molar-refractivity contribution in [3.05, 3.63) is 77.3 Å². The van der Waals surface area contributed by atoms with Gasteiger partial charge in [0.25, 0.3) is 0 Å². The molecule has 0 unspecified atom stereocenters. The van der Waals surface area contributed by atoms with Crippen LogP contribution >= 0.6 is 22.7 Å². The molecule has 0 amide bonds. The van der Waals surface area contributed by atoms with Gasteiger partial charge in [-0.05, 0) is 26.0 Å². The first-order valence-electron chi connectivity index (χ1n) is 10.9. The highest BCUT2D eigenvalue weighted by molar-refractivity contribution is 7.16. The van der Waals surface area contributed by atoms with Crippen LogP contribution in [-0.4, -0.2) is 45.3 Å². The number of nitrogens with zero attached hydrogens (tertiary/aromatic N) is 7. The molecule has 0 saturated heterocycles. The fourth-order valence-electron chi connectivity index (χ4n) is 3.26.